The maximum absolute atomic E-state index is 14.1. The summed E-state index contributed by atoms with van der Waals surface area (Å²) in [6.45, 7) is 20.5. The summed E-state index contributed by atoms with van der Waals surface area (Å²) in [6.07, 6.45) is 22.1. The van der Waals surface area contributed by atoms with Gasteiger partial charge in [-0.1, -0.05) is 167 Å². The van der Waals surface area contributed by atoms with Crippen molar-refractivity contribution in [2.24, 2.45) is 0 Å². The molecule has 33 heteroatoms. The number of piperazine rings is 1. The number of likely N-dealkylation sites (tertiary alicyclic amines) is 2. The van der Waals surface area contributed by atoms with Gasteiger partial charge in [-0.3, -0.25) is 29.0 Å². The summed E-state index contributed by atoms with van der Waals surface area (Å²) < 4.78 is 50.6. The molecule has 738 valence electrons. The minimum Gasteiger partial charge on any atom is -0.395 e. The van der Waals surface area contributed by atoms with Gasteiger partial charge in [-0.15, -0.1) is 0 Å². The lowest BCUT2D eigenvalue weighted by molar-refractivity contribution is -0.138. The van der Waals surface area contributed by atoms with E-state index in [9.17, 15) is 37.5 Å². The fraction of sp³-hybridized carbons (Fsp3) is 0.421. The van der Waals surface area contributed by atoms with Crippen molar-refractivity contribution in [3.63, 3.8) is 0 Å². The summed E-state index contributed by atoms with van der Waals surface area (Å²) in [6, 6.07) is 43.6. The molecule has 20 rings (SSSR count). The molecule has 4 amide bonds. The third-order valence-corrected chi connectivity index (χ3v) is 31.5. The number of hydrogen-bond acceptors (Lipinski definition) is 14. The zero-order chi connectivity index (χ0) is 98.5. The number of alkyl halides is 3. The Morgan fingerprint density at radius 2 is 0.829 bits per heavy atom. The number of rotatable bonds is 18. The predicted octanol–water partition coefficient (Wildman–Crippen LogP) is 22.9. The molecule has 0 radical (unpaired) electrons. The molecule has 8 aromatic carbocycles. The second-order valence-corrected chi connectivity index (χ2v) is 41.3. The molecule has 9 atom stereocenters. The number of fused-ring (bicyclic) bond motifs is 4. The molecule has 0 bridgehead atoms. The molecule has 4 aromatic heterocycles. The van der Waals surface area contributed by atoms with Crippen LogP contribution in [0.4, 0.5) is 18.9 Å². The number of aliphatic hydroxyl groups excluding tert-OH is 1. The van der Waals surface area contributed by atoms with Gasteiger partial charge in [0.2, 0.25) is 23.6 Å². The van der Waals surface area contributed by atoms with Crippen LogP contribution in [0.15, 0.2) is 183 Å². The number of hydrogen-bond donors (Lipinski definition) is 3. The van der Waals surface area contributed by atoms with E-state index in [1.807, 2.05) is 81.6 Å². The van der Waals surface area contributed by atoms with Gasteiger partial charge in [-0.25, -0.2) is 19.9 Å². The van der Waals surface area contributed by atoms with Crippen LogP contribution in [0.3, 0.4) is 0 Å². The molecule has 0 saturated carbocycles. The maximum Gasteiger partial charge on any atom is 0.417 e. The van der Waals surface area contributed by atoms with Crippen LogP contribution in [0.25, 0.3) is 60.9 Å². The zero-order valence-corrected chi connectivity index (χ0v) is 85.5. The van der Waals surface area contributed by atoms with E-state index in [2.05, 4.69) is 160 Å². The third-order valence-electron chi connectivity index (χ3n) is 29.3. The Morgan fingerprint density at radius 3 is 1.26 bits per heavy atom. The van der Waals surface area contributed by atoms with Gasteiger partial charge >= 0.3 is 6.18 Å². The van der Waals surface area contributed by atoms with E-state index in [1.165, 1.54) is 29.5 Å². The van der Waals surface area contributed by atoms with E-state index in [4.69, 9.17) is 92.8 Å². The molecule has 0 aliphatic carbocycles. The van der Waals surface area contributed by atoms with Crippen molar-refractivity contribution in [3.05, 3.63) is 268 Å². The normalized spacial score (nSPS) is 20.5. The summed E-state index contributed by atoms with van der Waals surface area (Å²) in [7, 11) is 2.07. The highest BCUT2D eigenvalue weighted by Gasteiger charge is 2.40. The second kappa shape index (κ2) is 45.2. The van der Waals surface area contributed by atoms with E-state index in [1.54, 1.807) is 53.4 Å². The van der Waals surface area contributed by atoms with Crippen LogP contribution in [0.2, 0.25) is 40.2 Å². The van der Waals surface area contributed by atoms with Crippen LogP contribution in [0.5, 0.6) is 0 Å². The third kappa shape index (κ3) is 22.8. The van der Waals surface area contributed by atoms with Crippen molar-refractivity contribution in [2.75, 3.05) is 110 Å². The minimum absolute atomic E-state index is 0.000764. The van der Waals surface area contributed by atoms with Crippen LogP contribution < -0.4 is 15.5 Å². The number of carbonyl (C=O) groups excluding carboxylic acids is 4. The van der Waals surface area contributed by atoms with Crippen LogP contribution in [0.1, 0.15) is 193 Å². The molecular weight excluding hydrogens is 1940 g/mol. The second-order valence-electron chi connectivity index (χ2n) is 38.0. The first-order valence-corrected chi connectivity index (χ1v) is 51.8. The summed E-state index contributed by atoms with van der Waals surface area (Å²) in [5, 5.41) is 20.8. The molecule has 22 nitrogen and oxygen atoms in total. The van der Waals surface area contributed by atoms with Gasteiger partial charge in [0.15, 0.2) is 0 Å². The average Bonchev–Trinajstić information content (AvgIpc) is 1.57. The molecule has 3 N–H and O–H groups in total. The highest BCUT2D eigenvalue weighted by atomic mass is 35.5. The largest absolute Gasteiger partial charge is 0.417 e. The van der Waals surface area contributed by atoms with E-state index in [-0.39, 0.29) is 102 Å². The topological polar surface area (TPSA) is 207 Å². The van der Waals surface area contributed by atoms with Crippen LogP contribution in [0, 0.1) is 0 Å². The monoisotopic (exact) mass is 2060 g/mol. The van der Waals surface area contributed by atoms with Crippen molar-refractivity contribution < 1.29 is 37.5 Å². The molecule has 5 fully saturated rings. The molecule has 12 heterocycles. The van der Waals surface area contributed by atoms with Gasteiger partial charge in [0.05, 0.1) is 130 Å². The number of aromatic nitrogens is 8. The average molecular weight is 2060 g/mol. The number of piperidine rings is 3. The Labute approximate surface area is 855 Å². The van der Waals surface area contributed by atoms with Gasteiger partial charge in [-0.05, 0) is 297 Å². The summed E-state index contributed by atoms with van der Waals surface area (Å²) in [4.78, 5) is 84.7. The quantitative estimate of drug-likeness (QED) is 0.0731. The van der Waals surface area contributed by atoms with Crippen molar-refractivity contribution in [1.29, 1.82) is 0 Å². The number of anilines is 1. The molecule has 8 aliphatic heterocycles. The van der Waals surface area contributed by atoms with Crippen molar-refractivity contribution in [1.82, 2.24) is 78.2 Å². The van der Waals surface area contributed by atoms with Crippen LogP contribution >= 0.6 is 92.8 Å². The maximum atomic E-state index is 14.1. The summed E-state index contributed by atoms with van der Waals surface area (Å²) in [5.41, 5.74) is 16.7. The fourth-order valence-electron chi connectivity index (χ4n) is 21.2. The number of nitrogens with zero attached hydrogens (tertiary/aromatic N) is 15. The molecule has 140 heavy (non-hydrogen) atoms. The molecule has 8 unspecified atom stereocenters. The van der Waals surface area contributed by atoms with Crippen molar-refractivity contribution in [2.45, 2.75) is 185 Å². The lowest BCUT2D eigenvalue weighted by Crippen LogP contribution is -2.58. The first kappa shape index (κ1) is 102. The Morgan fingerprint density at radius 1 is 0.421 bits per heavy atom. The standard InChI is InChI=1S/C28H32Cl2N4O2.C27H30Cl2N4O.C26H25Cl2F3N4O.C26H31Cl2N5O/c1-19(23-7-6-22(29)17-24(23)30)34-18-31-25-8-5-21(16-27(25)34)20-9-12-33(13-10-20)28(36)26-4-2-3-11-32(26)14-15-35;1-18(22-8-7-21(28)16-23(22)29)33-17-30-24-9-6-20(15-26(24)33)19-10-13-32(14-11-19)27(34)25-5-3-4-12-31(25)2;1-15(18-5-4-17(27)11-21(18)28)35-14-33-23-13-20(26(29,30)31)19(12-24(23)35)16-6-9-34(10-7-16)25(36)22-3-2-8-32-22;1-17-15-31(26(34)24-5-3-4-10-29-24)11-12-32(17)20-7-9-23-25(14-20)33(16-30-23)18(2)21-8-6-19(27)13-22(21)28/h5-9,16-19,26,35H,2-4,10-15H2,1H3;6-10,15-18,25H,3-5,11-14H2,1-2H3;4-6,11-15,22,32H,2-3,7-10H2,1H3;6-9,13-14,16-18,24,29H,3-5,10-12,15H2,1-2H3/t;;;17-,18?,24?/m...1/s1. The minimum atomic E-state index is -4.54. The summed E-state index contributed by atoms with van der Waals surface area (Å²) >= 11 is 50.2. The Hall–Kier alpha value is -9.55. The van der Waals surface area contributed by atoms with Crippen LogP contribution in [-0.2, 0) is 25.4 Å². The number of likely N-dealkylation sites (N-methyl/N-ethyl adjacent to an activating group) is 1. The Bertz CT molecular complexity index is 6640. The van der Waals surface area contributed by atoms with E-state index in [0.29, 0.717) is 90.4 Å². The van der Waals surface area contributed by atoms with Crippen molar-refractivity contribution in [3.8, 4) is 0 Å². The fourth-order valence-corrected chi connectivity index (χ4v) is 23.5. The van der Waals surface area contributed by atoms with Gasteiger partial charge in [0.1, 0.15) is 0 Å². The van der Waals surface area contributed by atoms with E-state index in [0.717, 1.165) is 202 Å². The van der Waals surface area contributed by atoms with Crippen LogP contribution in [-0.4, -0.2) is 232 Å². The number of β-amino-alcohol motifs (C(OH)–C–C–N with tert-alkyl or cyclic N) is 1. The number of amides is 4. The molecule has 0 spiro atoms. The first-order chi connectivity index (χ1) is 67.4. The van der Waals surface area contributed by atoms with Gasteiger partial charge in [0, 0.05) is 117 Å². The predicted molar refractivity (Wildman–Crippen MR) is 559 cm³/mol. The summed E-state index contributed by atoms with van der Waals surface area (Å²) in [5.74, 6) is 0.745. The molecule has 12 aromatic rings. The number of imidazole rings is 4. The van der Waals surface area contributed by atoms with Gasteiger partial charge in [0.25, 0.3) is 0 Å². The lowest BCUT2D eigenvalue weighted by Gasteiger charge is -2.42. The molecule has 5 saturated heterocycles. The number of nitrogens with one attached hydrogen (secondary N) is 2. The van der Waals surface area contributed by atoms with Gasteiger partial charge < -0.3 is 58.5 Å². The first-order valence-electron chi connectivity index (χ1n) is 48.7. The van der Waals surface area contributed by atoms with Gasteiger partial charge in [-0.2, -0.15) is 13.2 Å². The lowest BCUT2D eigenvalue weighted by atomic mass is 9.93. The number of benzene rings is 8. The number of carbonyl (C=O) groups is 4. The van der Waals surface area contributed by atoms with E-state index >= 15 is 0 Å². The van der Waals surface area contributed by atoms with Crippen molar-refractivity contribution >= 4 is 183 Å². The zero-order valence-electron chi connectivity index (χ0n) is 79.5. The highest BCUT2D eigenvalue weighted by molar-refractivity contribution is 6.37. The highest BCUT2D eigenvalue weighted by Crippen LogP contribution is 2.44. The number of halogens is 11. The Kier molecular flexibility index (Phi) is 32.9. The smallest absolute Gasteiger partial charge is 0.395 e. The number of aliphatic hydroxyl groups is 1. The Balaban J connectivity index is 0.000000129. The SMILES string of the molecule is CC(c1ccc(Cl)cc1Cl)n1cnc2cc(C(F)(F)F)c(C3=CCN(C(=O)C4CCCN4)CC3)cc21.CC(c1ccc(Cl)cc1Cl)n1cnc2ccc(C3=CCN(C(=O)C4CCCCN4C)CC3)cc21.CC(c1ccc(Cl)cc1Cl)n1cnc2ccc(C3=CCN(C(=O)C4CCCCN4CCO)CC3)cc21.CC(c1ccc(Cl)cc1Cl)n1cnc2ccc(N3CCN(C(=O)C4CCCCN4)C[C@H]3C)cc21. The molecule has 8 aliphatic rings. The van der Waals surface area contributed by atoms with E-state index < -0.39 is 11.7 Å². The molecular formula is C107H118Cl8F3N17O5.